The zero-order valence-corrected chi connectivity index (χ0v) is 12.4. The first-order valence-corrected chi connectivity index (χ1v) is 7.24. The van der Waals surface area contributed by atoms with Crippen LogP contribution in [0.4, 0.5) is 0 Å². The Morgan fingerprint density at radius 3 is 2.61 bits per heavy atom. The minimum absolute atomic E-state index is 0.0273. The molecule has 1 aromatic rings. The fourth-order valence-electron chi connectivity index (χ4n) is 2.68. The van der Waals surface area contributed by atoms with Gasteiger partial charge in [0, 0.05) is 12.8 Å². The molecule has 0 aromatic heterocycles. The van der Waals surface area contributed by atoms with E-state index in [2.05, 4.69) is 0 Å². The maximum atomic E-state index is 12.5. The topological polar surface area (TPSA) is 97.7 Å². The second-order valence-corrected chi connectivity index (χ2v) is 5.24. The van der Waals surface area contributed by atoms with Crippen molar-refractivity contribution in [2.24, 2.45) is 0 Å². The number of likely N-dealkylation sites (tertiary alicyclic amines) is 1. The number of imide groups is 1. The van der Waals surface area contributed by atoms with E-state index < -0.39 is 28.5 Å². The highest BCUT2D eigenvalue weighted by Gasteiger charge is 2.61. The molecule has 121 valence electrons. The molecule has 23 heavy (non-hydrogen) atoms. The average molecular weight is 319 g/mol. The van der Waals surface area contributed by atoms with Gasteiger partial charge in [0.25, 0.3) is 0 Å². The van der Waals surface area contributed by atoms with Crippen molar-refractivity contribution in [1.29, 1.82) is 0 Å². The molecule has 2 rings (SSSR count). The number of aliphatic carboxylic acids is 1. The van der Waals surface area contributed by atoms with Crippen molar-refractivity contribution in [3.05, 3.63) is 35.9 Å². The molecule has 0 aliphatic carbocycles. The first-order chi connectivity index (χ1) is 11.0. The van der Waals surface area contributed by atoms with E-state index in [1.54, 1.807) is 36.6 Å². The lowest BCUT2D eigenvalue weighted by atomic mass is 10.2. The molecule has 1 N–H and O–H groups in total. The second kappa shape index (κ2) is 7.26. The Hall–Kier alpha value is -2.38. The first-order valence-electron chi connectivity index (χ1n) is 7.24. The zero-order chi connectivity index (χ0) is 16.9. The van der Waals surface area contributed by atoms with E-state index in [1.165, 1.54) is 0 Å². The third kappa shape index (κ3) is 3.35. The first kappa shape index (κ1) is 17.0. The van der Waals surface area contributed by atoms with Gasteiger partial charge in [0.15, 0.2) is 6.29 Å². The van der Waals surface area contributed by atoms with E-state index in [9.17, 15) is 24.3 Å². The van der Waals surface area contributed by atoms with Crippen LogP contribution < -0.4 is 0 Å². The SMILES string of the molecule is O=[C]CCC(=O)[N+]1(OCc2ccccc2)C(=O)CC[C@H]1C(=O)O. The van der Waals surface area contributed by atoms with Gasteiger partial charge in [-0.05, 0) is 10.2 Å². The van der Waals surface area contributed by atoms with Crippen molar-refractivity contribution < 1.29 is 33.8 Å². The van der Waals surface area contributed by atoms with Gasteiger partial charge in [-0.15, -0.1) is 0 Å². The normalized spacial score (nSPS) is 23.7. The van der Waals surface area contributed by atoms with Gasteiger partial charge in [0.2, 0.25) is 6.04 Å². The van der Waals surface area contributed by atoms with E-state index in [0.29, 0.717) is 5.56 Å². The van der Waals surface area contributed by atoms with Crippen molar-refractivity contribution in [2.45, 2.75) is 38.3 Å². The molecule has 0 bridgehead atoms. The average Bonchev–Trinajstić information content (AvgIpc) is 2.89. The highest BCUT2D eigenvalue weighted by Crippen LogP contribution is 2.32. The van der Waals surface area contributed by atoms with Gasteiger partial charge in [0.05, 0.1) is 12.8 Å². The Labute approximate surface area is 133 Å². The molecule has 2 atom stereocenters. The maximum Gasteiger partial charge on any atom is 0.366 e. The summed E-state index contributed by atoms with van der Waals surface area (Å²) < 4.78 is -1.19. The molecule has 1 aliphatic heterocycles. The number of amides is 2. The van der Waals surface area contributed by atoms with Crippen molar-refractivity contribution in [2.75, 3.05) is 0 Å². The van der Waals surface area contributed by atoms with Gasteiger partial charge in [-0.2, -0.15) is 4.84 Å². The fraction of sp³-hybridized carbons (Fsp3) is 0.375. The summed E-state index contributed by atoms with van der Waals surface area (Å²) in [6.07, 6.45) is 1.07. The number of hydrogen-bond donors (Lipinski definition) is 1. The minimum atomic E-state index is -1.29. The molecule has 0 saturated carbocycles. The Balaban J connectivity index is 2.30. The van der Waals surface area contributed by atoms with Gasteiger partial charge in [-0.1, -0.05) is 30.3 Å². The summed E-state index contributed by atoms with van der Waals surface area (Å²) in [5.41, 5.74) is 0.712. The summed E-state index contributed by atoms with van der Waals surface area (Å²) in [5.74, 6) is -2.59. The van der Waals surface area contributed by atoms with Crippen molar-refractivity contribution in [3.8, 4) is 0 Å². The van der Waals surface area contributed by atoms with Gasteiger partial charge < -0.3 is 5.11 Å². The van der Waals surface area contributed by atoms with E-state index in [4.69, 9.17) is 4.84 Å². The van der Waals surface area contributed by atoms with Crippen molar-refractivity contribution >= 4 is 24.1 Å². The number of carboxylic acid groups (broad SMARTS) is 1. The van der Waals surface area contributed by atoms with Gasteiger partial charge in [-0.3, -0.25) is 4.79 Å². The number of carbonyl (C=O) groups is 3. The van der Waals surface area contributed by atoms with Crippen LogP contribution in [-0.4, -0.2) is 39.9 Å². The standard InChI is InChI=1S/C16H16NO6/c18-10-4-7-14(19)17(13(16(21)22)8-9-15(17)20)23-11-12-5-2-1-3-6-12/h1-3,5-6,13H,4,7-9,11H2/p+1/t13-,17?/m0/s1. The smallest absolute Gasteiger partial charge is 0.366 e. The predicted octanol–water partition coefficient (Wildman–Crippen LogP) is 1.13. The van der Waals surface area contributed by atoms with Crippen LogP contribution in [0.5, 0.6) is 0 Å². The Kier molecular flexibility index (Phi) is 5.36. The molecule has 0 spiro atoms. The van der Waals surface area contributed by atoms with Crippen LogP contribution in [0, 0.1) is 0 Å². The number of rotatable bonds is 7. The number of benzene rings is 1. The molecular formula is C16H17NO6+. The Bertz CT molecular complexity index is 614. The van der Waals surface area contributed by atoms with Gasteiger partial charge >= 0.3 is 17.8 Å². The zero-order valence-electron chi connectivity index (χ0n) is 12.4. The third-order valence-corrected chi connectivity index (χ3v) is 3.82. The number of carboxylic acids is 1. The summed E-state index contributed by atoms with van der Waals surface area (Å²) in [5, 5.41) is 9.36. The van der Waals surface area contributed by atoms with Crippen LogP contribution in [0.2, 0.25) is 0 Å². The Morgan fingerprint density at radius 2 is 2.00 bits per heavy atom. The highest BCUT2D eigenvalue weighted by molar-refractivity contribution is 5.91. The van der Waals surface area contributed by atoms with E-state index >= 15 is 0 Å². The summed E-state index contributed by atoms with van der Waals surface area (Å²) in [4.78, 5) is 52.2. The summed E-state index contributed by atoms with van der Waals surface area (Å²) in [7, 11) is 0. The van der Waals surface area contributed by atoms with Crippen LogP contribution in [0.1, 0.15) is 31.2 Å². The summed E-state index contributed by atoms with van der Waals surface area (Å²) in [6.45, 7) is -0.0765. The van der Waals surface area contributed by atoms with E-state index in [1.807, 2.05) is 0 Å². The van der Waals surface area contributed by atoms with Crippen LogP contribution in [0.25, 0.3) is 0 Å². The van der Waals surface area contributed by atoms with Crippen LogP contribution in [-0.2, 0) is 30.6 Å². The second-order valence-electron chi connectivity index (χ2n) is 5.24. The molecule has 7 heteroatoms. The summed E-state index contributed by atoms with van der Waals surface area (Å²) >= 11 is 0. The van der Waals surface area contributed by atoms with Gasteiger partial charge in [-0.25, -0.2) is 14.4 Å². The molecule has 1 fully saturated rings. The number of nitrogens with zero attached hydrogens (tertiary/aromatic N) is 1. The molecule has 1 aliphatic rings. The third-order valence-electron chi connectivity index (χ3n) is 3.82. The quantitative estimate of drug-likeness (QED) is 0.756. The molecule has 1 heterocycles. The molecule has 1 saturated heterocycles. The van der Waals surface area contributed by atoms with Crippen LogP contribution in [0.15, 0.2) is 30.3 Å². The molecule has 1 aromatic carbocycles. The largest absolute Gasteiger partial charge is 0.477 e. The molecule has 2 amide bonds. The molecule has 7 nitrogen and oxygen atoms in total. The lowest BCUT2D eigenvalue weighted by molar-refractivity contribution is -0.991. The summed E-state index contributed by atoms with van der Waals surface area (Å²) in [6, 6.07) is 7.55. The van der Waals surface area contributed by atoms with Crippen LogP contribution in [0.3, 0.4) is 0 Å². The van der Waals surface area contributed by atoms with Crippen molar-refractivity contribution in [1.82, 2.24) is 0 Å². The minimum Gasteiger partial charge on any atom is -0.477 e. The molecule has 1 unspecified atom stereocenters. The van der Waals surface area contributed by atoms with E-state index in [-0.39, 0.29) is 32.3 Å². The lowest BCUT2D eigenvalue weighted by Gasteiger charge is -2.29. The van der Waals surface area contributed by atoms with Gasteiger partial charge in [0.1, 0.15) is 6.61 Å². The number of hydroxylamine groups is 3. The van der Waals surface area contributed by atoms with E-state index in [0.717, 1.165) is 0 Å². The maximum absolute atomic E-state index is 12.5. The number of carbonyl (C=O) groups excluding carboxylic acids is 3. The number of quaternary nitrogens is 1. The Morgan fingerprint density at radius 1 is 1.30 bits per heavy atom. The molecular weight excluding hydrogens is 302 g/mol. The van der Waals surface area contributed by atoms with Crippen molar-refractivity contribution in [3.63, 3.8) is 0 Å². The monoisotopic (exact) mass is 319 g/mol. The molecule has 1 radical (unpaired) electrons. The highest BCUT2D eigenvalue weighted by atomic mass is 16.7. The number of hydrogen-bond acceptors (Lipinski definition) is 5. The lowest BCUT2D eigenvalue weighted by Crippen LogP contribution is -2.60. The fourth-order valence-corrected chi connectivity index (χ4v) is 2.68. The van der Waals surface area contributed by atoms with Crippen LogP contribution >= 0.6 is 0 Å². The predicted molar refractivity (Wildman–Crippen MR) is 77.1 cm³/mol.